The van der Waals surface area contributed by atoms with Gasteiger partial charge in [0.1, 0.15) is 11.7 Å². The second-order valence-corrected chi connectivity index (χ2v) is 6.17. The summed E-state index contributed by atoms with van der Waals surface area (Å²) in [5.41, 5.74) is 7.45. The molecule has 3 N–H and O–H groups in total. The summed E-state index contributed by atoms with van der Waals surface area (Å²) in [6, 6.07) is 2.38. The van der Waals surface area contributed by atoms with Crippen molar-refractivity contribution in [3.05, 3.63) is 56.8 Å². The molecule has 0 aliphatic carbocycles. The van der Waals surface area contributed by atoms with E-state index in [0.717, 1.165) is 4.57 Å². The van der Waals surface area contributed by atoms with Crippen LogP contribution in [0.1, 0.15) is 11.4 Å². The lowest BCUT2D eigenvalue weighted by molar-refractivity contribution is -0.138. The maximum absolute atomic E-state index is 12.7. The molecule has 0 bridgehead atoms. The number of nitrogens with zero attached hydrogens (tertiary/aromatic N) is 4. The number of nitrogens with two attached hydrogens (primary N) is 1. The molecule has 0 amide bonds. The minimum Gasteiger partial charge on any atom is -0.480 e. The van der Waals surface area contributed by atoms with Crippen molar-refractivity contribution in [3.63, 3.8) is 0 Å². The lowest BCUT2D eigenvalue weighted by Gasteiger charge is -2.15. The van der Waals surface area contributed by atoms with Crippen LogP contribution in [0.3, 0.4) is 0 Å². The molecule has 0 spiro atoms. The van der Waals surface area contributed by atoms with Crippen LogP contribution < -0.4 is 17.0 Å². The van der Waals surface area contributed by atoms with Crippen LogP contribution in [0, 0.1) is 6.92 Å². The number of carbonyl (C=O) groups is 1. The monoisotopic (exact) mass is 357 g/mol. The zero-order valence-corrected chi connectivity index (χ0v) is 14.6. The van der Waals surface area contributed by atoms with E-state index in [0.29, 0.717) is 28.2 Å². The second kappa shape index (κ2) is 6.26. The van der Waals surface area contributed by atoms with Gasteiger partial charge in [-0.25, -0.2) is 9.78 Å². The molecule has 9 nitrogen and oxygen atoms in total. The average Bonchev–Trinajstić information content (AvgIpc) is 3.10. The Morgan fingerprint density at radius 1 is 1.27 bits per heavy atom. The molecule has 3 rings (SSSR count). The first-order valence-corrected chi connectivity index (χ1v) is 7.94. The first-order valence-electron chi connectivity index (χ1n) is 7.94. The number of carboxylic acids is 1. The van der Waals surface area contributed by atoms with Crippen molar-refractivity contribution in [1.29, 1.82) is 0 Å². The summed E-state index contributed by atoms with van der Waals surface area (Å²) in [5.74, 6) is -1.09. The summed E-state index contributed by atoms with van der Waals surface area (Å²) in [6.07, 6.45) is 3.37. The van der Waals surface area contributed by atoms with E-state index < -0.39 is 23.3 Å². The minimum atomic E-state index is -1.09. The summed E-state index contributed by atoms with van der Waals surface area (Å²) in [7, 11) is 3.03. The Kier molecular flexibility index (Phi) is 4.25. The summed E-state index contributed by atoms with van der Waals surface area (Å²) in [6.45, 7) is 1.70. The molecule has 0 aromatic carbocycles. The van der Waals surface area contributed by atoms with Crippen LogP contribution in [0.2, 0.25) is 0 Å². The zero-order valence-electron chi connectivity index (χ0n) is 14.6. The number of carboxylic acid groups (broad SMARTS) is 1. The predicted molar refractivity (Wildman–Crippen MR) is 95.2 cm³/mol. The maximum atomic E-state index is 12.7. The van der Waals surface area contributed by atoms with E-state index in [-0.39, 0.29) is 6.42 Å². The van der Waals surface area contributed by atoms with Gasteiger partial charge in [0, 0.05) is 49.9 Å². The molecule has 3 aromatic rings. The molecule has 0 radical (unpaired) electrons. The van der Waals surface area contributed by atoms with Gasteiger partial charge >= 0.3 is 11.7 Å². The molecule has 136 valence electrons. The Morgan fingerprint density at radius 3 is 2.62 bits per heavy atom. The van der Waals surface area contributed by atoms with Crippen molar-refractivity contribution >= 4 is 11.6 Å². The average molecular weight is 357 g/mol. The number of aliphatic carboxylic acids is 1. The van der Waals surface area contributed by atoms with Crippen LogP contribution in [0.4, 0.5) is 0 Å². The van der Waals surface area contributed by atoms with E-state index >= 15 is 0 Å². The number of hydrogen-bond donors (Lipinski definition) is 2. The van der Waals surface area contributed by atoms with Gasteiger partial charge in [-0.1, -0.05) is 0 Å². The standard InChI is InChI=1S/C17H19N5O4/c1-9-13(15(23)21(3)17(26)20(9)2)11-5-4-10(8-12(18)16(24)25)22-7-6-19-14(11)22/h4-7,12H,8,18H2,1-3H3,(H,24,25)/t12-/m0/s1. The van der Waals surface area contributed by atoms with Gasteiger partial charge in [0.15, 0.2) is 0 Å². The number of imidazole rings is 1. The predicted octanol–water partition coefficient (Wildman–Crippen LogP) is -0.338. The third-order valence-corrected chi connectivity index (χ3v) is 4.61. The number of fused-ring (bicyclic) bond motifs is 1. The topological polar surface area (TPSA) is 125 Å². The van der Waals surface area contributed by atoms with E-state index in [1.54, 1.807) is 42.9 Å². The Bertz CT molecular complexity index is 1140. The summed E-state index contributed by atoms with van der Waals surface area (Å²) in [4.78, 5) is 40.1. The van der Waals surface area contributed by atoms with Gasteiger partial charge < -0.3 is 19.8 Å². The van der Waals surface area contributed by atoms with Crippen molar-refractivity contribution in [2.45, 2.75) is 19.4 Å². The Hall–Kier alpha value is -3.20. The SMILES string of the molecule is Cc1c(-c2ccc(C[C@H](N)C(=O)O)n3ccnc23)c(=O)n(C)c(=O)n1C. The van der Waals surface area contributed by atoms with Crippen molar-refractivity contribution in [3.8, 4) is 11.1 Å². The molecule has 0 saturated carbocycles. The van der Waals surface area contributed by atoms with Crippen LogP contribution in [-0.2, 0) is 25.3 Å². The molecule has 0 aliphatic rings. The second-order valence-electron chi connectivity index (χ2n) is 6.17. The molecule has 26 heavy (non-hydrogen) atoms. The van der Waals surface area contributed by atoms with Crippen molar-refractivity contribution in [1.82, 2.24) is 18.5 Å². The van der Waals surface area contributed by atoms with E-state index in [4.69, 9.17) is 10.8 Å². The molecule has 0 unspecified atom stereocenters. The first kappa shape index (κ1) is 17.6. The lowest BCUT2D eigenvalue weighted by Crippen LogP contribution is -2.39. The van der Waals surface area contributed by atoms with Gasteiger partial charge in [0.2, 0.25) is 0 Å². The van der Waals surface area contributed by atoms with Crippen LogP contribution in [-0.4, -0.2) is 35.6 Å². The minimum absolute atomic E-state index is 0.118. The van der Waals surface area contributed by atoms with Crippen molar-refractivity contribution in [2.24, 2.45) is 19.8 Å². The number of rotatable bonds is 4. The largest absolute Gasteiger partial charge is 0.480 e. The first-order chi connectivity index (χ1) is 12.2. The van der Waals surface area contributed by atoms with Crippen molar-refractivity contribution in [2.75, 3.05) is 0 Å². The number of pyridine rings is 1. The molecule has 3 heterocycles. The highest BCUT2D eigenvalue weighted by Gasteiger charge is 2.20. The van der Waals surface area contributed by atoms with Gasteiger partial charge in [0.05, 0.1) is 5.56 Å². The maximum Gasteiger partial charge on any atom is 0.330 e. The number of hydrogen-bond acceptors (Lipinski definition) is 5. The summed E-state index contributed by atoms with van der Waals surface area (Å²) in [5, 5.41) is 9.03. The lowest BCUT2D eigenvalue weighted by atomic mass is 10.0. The molecular weight excluding hydrogens is 338 g/mol. The molecular formula is C17H19N5O4. The molecule has 0 saturated heterocycles. The smallest absolute Gasteiger partial charge is 0.330 e. The van der Waals surface area contributed by atoms with E-state index in [2.05, 4.69) is 4.98 Å². The third kappa shape index (κ3) is 2.62. The Balaban J connectivity index is 2.27. The Labute approximate surface area is 147 Å². The van der Waals surface area contributed by atoms with Crippen LogP contribution in [0.25, 0.3) is 16.8 Å². The van der Waals surface area contributed by atoms with Crippen LogP contribution in [0.15, 0.2) is 34.1 Å². The van der Waals surface area contributed by atoms with Gasteiger partial charge in [-0.2, -0.15) is 0 Å². The molecule has 3 aromatic heterocycles. The number of aromatic nitrogens is 4. The van der Waals surface area contributed by atoms with Crippen LogP contribution in [0.5, 0.6) is 0 Å². The van der Waals surface area contributed by atoms with Crippen molar-refractivity contribution < 1.29 is 9.90 Å². The fourth-order valence-corrected chi connectivity index (χ4v) is 3.00. The Morgan fingerprint density at radius 2 is 1.96 bits per heavy atom. The molecule has 1 atom stereocenters. The highest BCUT2D eigenvalue weighted by molar-refractivity contribution is 5.79. The van der Waals surface area contributed by atoms with Gasteiger partial charge in [-0.05, 0) is 19.1 Å². The molecule has 0 fully saturated rings. The normalized spacial score (nSPS) is 12.5. The quantitative estimate of drug-likeness (QED) is 0.658. The summed E-state index contributed by atoms with van der Waals surface area (Å²) < 4.78 is 4.17. The summed E-state index contributed by atoms with van der Waals surface area (Å²) >= 11 is 0. The van der Waals surface area contributed by atoms with Gasteiger partial charge in [-0.3, -0.25) is 14.2 Å². The highest BCUT2D eigenvalue weighted by Crippen LogP contribution is 2.24. The van der Waals surface area contributed by atoms with Gasteiger partial charge in [0.25, 0.3) is 5.56 Å². The van der Waals surface area contributed by atoms with Crippen LogP contribution >= 0.6 is 0 Å². The van der Waals surface area contributed by atoms with E-state index in [9.17, 15) is 14.4 Å². The fourth-order valence-electron chi connectivity index (χ4n) is 3.00. The van der Waals surface area contributed by atoms with E-state index in [1.807, 2.05) is 0 Å². The molecule has 9 heteroatoms. The van der Waals surface area contributed by atoms with E-state index in [1.165, 1.54) is 11.6 Å². The fraction of sp³-hybridized carbons (Fsp3) is 0.294. The molecule has 0 aliphatic heterocycles. The zero-order chi connectivity index (χ0) is 19.2. The third-order valence-electron chi connectivity index (χ3n) is 4.61. The van der Waals surface area contributed by atoms with Gasteiger partial charge in [-0.15, -0.1) is 0 Å². The highest BCUT2D eigenvalue weighted by atomic mass is 16.4.